The highest BCUT2D eigenvalue weighted by molar-refractivity contribution is 14.0. The molecule has 0 bridgehead atoms. The van der Waals surface area contributed by atoms with Crippen LogP contribution in [0, 0.1) is 5.92 Å². The van der Waals surface area contributed by atoms with Crippen LogP contribution in [0.3, 0.4) is 0 Å². The number of amides is 1. The van der Waals surface area contributed by atoms with E-state index in [-0.39, 0.29) is 42.0 Å². The number of hydrogen-bond acceptors (Lipinski definition) is 4. The lowest BCUT2D eigenvalue weighted by Crippen LogP contribution is -2.46. The summed E-state index contributed by atoms with van der Waals surface area (Å²) >= 11 is 0. The molecule has 2 atom stereocenters. The largest absolute Gasteiger partial charge is 0.497 e. The smallest absolute Gasteiger partial charge is 0.225 e. The number of hydrogen-bond donors (Lipinski definition) is 2. The lowest BCUT2D eigenvalue weighted by atomic mass is 9.88. The third-order valence-corrected chi connectivity index (χ3v) is 6.66. The van der Waals surface area contributed by atoms with Crippen molar-refractivity contribution in [1.29, 1.82) is 0 Å². The van der Waals surface area contributed by atoms with Crippen molar-refractivity contribution in [1.82, 2.24) is 20.4 Å². The van der Waals surface area contributed by atoms with E-state index in [1.807, 2.05) is 12.1 Å². The molecule has 2 aliphatic rings. The van der Waals surface area contributed by atoms with Gasteiger partial charge in [-0.25, -0.2) is 0 Å². The monoisotopic (exact) mass is 571 g/mol. The van der Waals surface area contributed by atoms with Crippen LogP contribution in [0.15, 0.2) is 29.3 Å². The zero-order valence-corrected chi connectivity index (χ0v) is 23.0. The van der Waals surface area contributed by atoms with E-state index in [9.17, 15) is 4.79 Å². The topological polar surface area (TPSA) is 69.2 Å². The minimum atomic E-state index is 0. The van der Waals surface area contributed by atoms with Crippen molar-refractivity contribution >= 4 is 35.8 Å². The van der Waals surface area contributed by atoms with E-state index in [1.165, 1.54) is 24.8 Å². The molecule has 8 heteroatoms. The maximum atomic E-state index is 12.9. The minimum Gasteiger partial charge on any atom is -0.497 e. The quantitative estimate of drug-likeness (QED) is 0.283. The van der Waals surface area contributed by atoms with Crippen LogP contribution in [0.5, 0.6) is 5.75 Å². The maximum Gasteiger partial charge on any atom is 0.225 e. The molecule has 1 aromatic carbocycles. The van der Waals surface area contributed by atoms with Crippen molar-refractivity contribution in [2.45, 2.75) is 57.5 Å². The Balaban J connectivity index is 0.00000385. The summed E-state index contributed by atoms with van der Waals surface area (Å²) in [5.41, 5.74) is 1.18. The number of carbonyl (C=O) groups excluding carboxylic acids is 1. The van der Waals surface area contributed by atoms with Crippen LogP contribution >= 0.6 is 24.0 Å². The van der Waals surface area contributed by atoms with E-state index in [1.54, 1.807) is 7.11 Å². The first-order chi connectivity index (χ1) is 15.5. The molecule has 3 rings (SSSR count). The summed E-state index contributed by atoms with van der Waals surface area (Å²) in [4.78, 5) is 22.0. The molecule has 1 amide bonds. The zero-order chi connectivity index (χ0) is 22.9. The van der Waals surface area contributed by atoms with Crippen LogP contribution in [-0.2, 0) is 4.79 Å². The van der Waals surface area contributed by atoms with Gasteiger partial charge in [-0.2, -0.15) is 0 Å². The molecule has 1 aromatic rings. The van der Waals surface area contributed by atoms with E-state index in [0.717, 1.165) is 50.6 Å². The Morgan fingerprint density at radius 2 is 2.00 bits per heavy atom. The Labute approximate surface area is 216 Å². The number of likely N-dealkylation sites (tertiary alicyclic amines) is 1. The second-order valence-corrected chi connectivity index (χ2v) is 9.22. The second-order valence-electron chi connectivity index (χ2n) is 9.22. The average molecular weight is 572 g/mol. The molecule has 0 spiro atoms. The molecular formula is C25H42IN5O2. The molecule has 33 heavy (non-hydrogen) atoms. The van der Waals surface area contributed by atoms with Crippen LogP contribution in [0.4, 0.5) is 0 Å². The Hall–Kier alpha value is -1.55. The van der Waals surface area contributed by atoms with Gasteiger partial charge in [-0.05, 0) is 58.0 Å². The van der Waals surface area contributed by atoms with Crippen molar-refractivity contribution in [3.8, 4) is 5.75 Å². The Morgan fingerprint density at radius 3 is 2.67 bits per heavy atom. The normalized spacial score (nSPS) is 20.3. The third kappa shape index (κ3) is 8.02. The third-order valence-electron chi connectivity index (χ3n) is 6.66. The van der Waals surface area contributed by atoms with Crippen LogP contribution < -0.4 is 15.4 Å². The molecule has 2 N–H and O–H groups in total. The molecule has 0 radical (unpaired) electrons. The Morgan fingerprint density at radius 1 is 1.24 bits per heavy atom. The van der Waals surface area contributed by atoms with Crippen molar-refractivity contribution < 1.29 is 9.53 Å². The zero-order valence-electron chi connectivity index (χ0n) is 20.7. The van der Waals surface area contributed by atoms with Crippen LogP contribution in [0.25, 0.3) is 0 Å². The average Bonchev–Trinajstić information content (AvgIpc) is 3.27. The number of nitrogens with zero attached hydrogens (tertiary/aromatic N) is 3. The van der Waals surface area contributed by atoms with Crippen molar-refractivity contribution in [2.24, 2.45) is 10.9 Å². The Bertz CT molecular complexity index is 767. The molecule has 1 saturated heterocycles. The number of guanidine groups is 1. The molecule has 1 heterocycles. The number of halogens is 1. The van der Waals surface area contributed by atoms with E-state index >= 15 is 0 Å². The maximum absolute atomic E-state index is 12.9. The van der Waals surface area contributed by atoms with Gasteiger partial charge in [-0.3, -0.25) is 9.79 Å². The molecule has 2 fully saturated rings. The van der Waals surface area contributed by atoms with Gasteiger partial charge in [0.15, 0.2) is 5.96 Å². The number of likely N-dealkylation sites (N-methyl/N-ethyl adjacent to an activating group) is 1. The fraction of sp³-hybridized carbons (Fsp3) is 0.680. The highest BCUT2D eigenvalue weighted by Crippen LogP contribution is 2.27. The number of carbonyl (C=O) groups is 1. The van der Waals surface area contributed by atoms with Gasteiger partial charge in [0, 0.05) is 31.6 Å². The van der Waals surface area contributed by atoms with Crippen molar-refractivity contribution in [3.05, 3.63) is 29.8 Å². The molecule has 186 valence electrons. The molecule has 1 saturated carbocycles. The first kappa shape index (κ1) is 27.7. The number of rotatable bonds is 8. The number of methoxy groups -OCH3 is 1. The second kappa shape index (κ2) is 14.0. The van der Waals surface area contributed by atoms with E-state index in [0.29, 0.717) is 12.5 Å². The lowest BCUT2D eigenvalue weighted by molar-refractivity contribution is -0.135. The lowest BCUT2D eigenvalue weighted by Gasteiger charge is -2.26. The first-order valence-corrected chi connectivity index (χ1v) is 12.2. The van der Waals surface area contributed by atoms with Gasteiger partial charge in [-0.1, -0.05) is 31.4 Å². The van der Waals surface area contributed by atoms with Gasteiger partial charge >= 0.3 is 0 Å². The van der Waals surface area contributed by atoms with Crippen molar-refractivity contribution in [2.75, 3.05) is 47.4 Å². The van der Waals surface area contributed by atoms with Crippen molar-refractivity contribution in [3.63, 3.8) is 0 Å². The molecule has 1 aliphatic heterocycles. The molecule has 0 aromatic heterocycles. The van der Waals surface area contributed by atoms with E-state index in [2.05, 4.69) is 53.6 Å². The first-order valence-electron chi connectivity index (χ1n) is 12.2. The van der Waals surface area contributed by atoms with Gasteiger partial charge in [0.05, 0.1) is 19.7 Å². The SMILES string of the molecule is CCNC(=NCC(c1cccc(OC)c1)N(C)C)NC1CCN(C(=O)C2CCCCC2)C1.I. The van der Waals surface area contributed by atoms with Crippen LogP contribution in [0.1, 0.15) is 57.1 Å². The number of nitrogens with one attached hydrogen (secondary N) is 2. The Kier molecular flexibility index (Phi) is 11.7. The summed E-state index contributed by atoms with van der Waals surface area (Å²) in [5, 5.41) is 6.95. The van der Waals surface area contributed by atoms with Gasteiger partial charge in [0.25, 0.3) is 0 Å². The predicted octanol–water partition coefficient (Wildman–Crippen LogP) is 3.65. The predicted molar refractivity (Wildman–Crippen MR) is 146 cm³/mol. The van der Waals surface area contributed by atoms with E-state index < -0.39 is 0 Å². The summed E-state index contributed by atoms with van der Waals surface area (Å²) in [6, 6.07) is 8.57. The molecular weight excluding hydrogens is 529 g/mol. The standard InChI is InChI=1S/C25H41N5O2.HI/c1-5-26-25(27-17-23(29(2)3)20-12-9-13-22(16-20)32-4)28-21-14-15-30(18-21)24(31)19-10-7-6-8-11-19;/h9,12-13,16,19,21,23H,5-8,10-11,14-15,17-18H2,1-4H3,(H2,26,27,28);1H. The number of aliphatic imine (C=N–C) groups is 1. The van der Waals surface area contributed by atoms with Gasteiger partial charge < -0.3 is 25.2 Å². The number of benzene rings is 1. The van der Waals surface area contributed by atoms with Gasteiger partial charge in [-0.15, -0.1) is 24.0 Å². The van der Waals surface area contributed by atoms with Gasteiger partial charge in [0.1, 0.15) is 5.75 Å². The molecule has 7 nitrogen and oxygen atoms in total. The highest BCUT2D eigenvalue weighted by atomic mass is 127. The fourth-order valence-electron chi connectivity index (χ4n) is 4.79. The minimum absolute atomic E-state index is 0. The van der Waals surface area contributed by atoms with Gasteiger partial charge in [0.2, 0.25) is 5.91 Å². The fourth-order valence-corrected chi connectivity index (χ4v) is 4.79. The molecule has 1 aliphatic carbocycles. The van der Waals surface area contributed by atoms with E-state index in [4.69, 9.17) is 9.73 Å². The highest BCUT2D eigenvalue weighted by Gasteiger charge is 2.31. The summed E-state index contributed by atoms with van der Waals surface area (Å²) < 4.78 is 5.40. The summed E-state index contributed by atoms with van der Waals surface area (Å²) in [6.45, 7) is 5.13. The summed E-state index contributed by atoms with van der Waals surface area (Å²) in [6.07, 6.45) is 6.77. The summed E-state index contributed by atoms with van der Waals surface area (Å²) in [7, 11) is 5.84. The molecule has 2 unspecified atom stereocenters. The number of ether oxygens (including phenoxy) is 1. The summed E-state index contributed by atoms with van der Waals surface area (Å²) in [5.74, 6) is 2.28. The van der Waals surface area contributed by atoms with Crippen LogP contribution in [-0.4, -0.2) is 75.1 Å². The van der Waals surface area contributed by atoms with Crippen LogP contribution in [0.2, 0.25) is 0 Å².